The fourth-order valence-corrected chi connectivity index (χ4v) is 5.95. The Kier molecular flexibility index (Phi) is 4.75. The summed E-state index contributed by atoms with van der Waals surface area (Å²) in [5.74, 6) is 0.150. The minimum Gasteiger partial charge on any atom is -0.299 e. The maximum absolute atomic E-state index is 13.9. The molecule has 0 bridgehead atoms. The minimum absolute atomic E-state index is 0.150. The summed E-state index contributed by atoms with van der Waals surface area (Å²) in [6, 6.07) is 24.1. The highest BCUT2D eigenvalue weighted by molar-refractivity contribution is 7.16. The van der Waals surface area contributed by atoms with E-state index in [1.54, 1.807) is 23.5 Å². The molecule has 0 atom stereocenters. The summed E-state index contributed by atoms with van der Waals surface area (Å²) < 4.78 is 1.22. The van der Waals surface area contributed by atoms with Crippen molar-refractivity contribution in [1.82, 2.24) is 9.88 Å². The molecule has 2 aliphatic heterocycles. The molecule has 1 amide bonds. The van der Waals surface area contributed by atoms with Gasteiger partial charge < -0.3 is 0 Å². The first-order valence-corrected chi connectivity index (χ1v) is 12.0. The highest BCUT2D eigenvalue weighted by atomic mass is 32.1. The summed E-state index contributed by atoms with van der Waals surface area (Å²) in [6.07, 6.45) is 1.60. The largest absolute Gasteiger partial charge is 0.299 e. The number of aromatic nitrogens is 1. The van der Waals surface area contributed by atoms with Crippen LogP contribution in [0, 0.1) is 11.3 Å². The van der Waals surface area contributed by atoms with Crippen molar-refractivity contribution >= 4 is 38.8 Å². The van der Waals surface area contributed by atoms with Crippen molar-refractivity contribution in [2.24, 2.45) is 0 Å². The molecular weight excluding hydrogens is 428 g/mol. The van der Waals surface area contributed by atoms with Crippen molar-refractivity contribution < 1.29 is 4.79 Å². The van der Waals surface area contributed by atoms with Gasteiger partial charge in [0, 0.05) is 12.2 Å². The van der Waals surface area contributed by atoms with Crippen LogP contribution in [-0.4, -0.2) is 28.9 Å². The van der Waals surface area contributed by atoms with Crippen LogP contribution < -0.4 is 4.90 Å². The van der Waals surface area contributed by atoms with Gasteiger partial charge in [-0.05, 0) is 79.5 Å². The van der Waals surface area contributed by atoms with Gasteiger partial charge in [-0.15, -0.1) is 11.3 Å². The SMILES string of the molecule is N#Cc1ccc(N2C(=O)C3(CCN(Cc4ccc5scnc5c4)CC3)c3ccccc32)cc1. The number of amides is 1. The maximum Gasteiger partial charge on any atom is 0.242 e. The molecule has 0 aliphatic carbocycles. The maximum atomic E-state index is 13.9. The molecule has 0 saturated carbocycles. The predicted octanol–water partition coefficient (Wildman–Crippen LogP) is 5.38. The van der Waals surface area contributed by atoms with Crippen molar-refractivity contribution in [3.8, 4) is 6.07 Å². The molecule has 2 aliphatic rings. The number of likely N-dealkylation sites (tertiary alicyclic amines) is 1. The van der Waals surface area contributed by atoms with E-state index in [1.165, 1.54) is 10.3 Å². The van der Waals surface area contributed by atoms with Crippen LogP contribution >= 0.6 is 11.3 Å². The Morgan fingerprint density at radius 3 is 2.61 bits per heavy atom. The molecule has 1 aromatic heterocycles. The Morgan fingerprint density at radius 2 is 1.82 bits per heavy atom. The van der Waals surface area contributed by atoms with Crippen LogP contribution in [0.15, 0.2) is 72.2 Å². The second-order valence-electron chi connectivity index (χ2n) is 8.83. The summed E-state index contributed by atoms with van der Waals surface area (Å²) in [4.78, 5) is 22.6. The Morgan fingerprint density at radius 1 is 1.03 bits per heavy atom. The number of carbonyl (C=O) groups excluding carboxylic acids is 1. The topological polar surface area (TPSA) is 60.2 Å². The second-order valence-corrected chi connectivity index (χ2v) is 9.72. The van der Waals surface area contributed by atoms with Gasteiger partial charge in [-0.1, -0.05) is 24.3 Å². The van der Waals surface area contributed by atoms with Crippen molar-refractivity contribution in [2.45, 2.75) is 24.8 Å². The lowest BCUT2D eigenvalue weighted by Crippen LogP contribution is -2.47. The number of rotatable bonds is 3. The molecular formula is C27H22N4OS. The summed E-state index contributed by atoms with van der Waals surface area (Å²) in [5, 5.41) is 9.14. The molecule has 1 saturated heterocycles. The number of carbonyl (C=O) groups is 1. The van der Waals surface area contributed by atoms with Crippen molar-refractivity contribution in [3.05, 3.63) is 88.9 Å². The molecule has 0 unspecified atom stereocenters. The first kappa shape index (κ1) is 20.1. The van der Waals surface area contributed by atoms with Crippen LogP contribution in [0.1, 0.15) is 29.5 Å². The fourth-order valence-electron chi connectivity index (χ4n) is 5.29. The van der Waals surface area contributed by atoms with Crippen molar-refractivity contribution in [2.75, 3.05) is 18.0 Å². The third kappa shape index (κ3) is 3.24. The first-order valence-electron chi connectivity index (χ1n) is 11.2. The van der Waals surface area contributed by atoms with E-state index in [0.717, 1.165) is 54.9 Å². The second kappa shape index (κ2) is 7.80. The number of anilines is 2. The molecule has 1 spiro atoms. The molecule has 0 N–H and O–H groups in total. The van der Waals surface area contributed by atoms with Crippen LogP contribution in [0.25, 0.3) is 10.2 Å². The Labute approximate surface area is 196 Å². The lowest BCUT2D eigenvalue weighted by atomic mass is 9.73. The number of piperidine rings is 1. The van der Waals surface area contributed by atoms with Gasteiger partial charge >= 0.3 is 0 Å². The van der Waals surface area contributed by atoms with E-state index in [4.69, 9.17) is 5.26 Å². The zero-order valence-electron chi connectivity index (χ0n) is 18.1. The lowest BCUT2D eigenvalue weighted by molar-refractivity contribution is -0.124. The standard InChI is InChI=1S/C27H22N4OS/c28-16-19-5-8-21(9-6-19)31-24-4-2-1-3-22(24)27(26(31)32)11-13-30(14-12-27)17-20-7-10-25-23(15-20)29-18-33-25/h1-10,15,18H,11-14,17H2. The number of para-hydroxylation sites is 1. The highest BCUT2D eigenvalue weighted by Gasteiger charge is 2.52. The first-order chi connectivity index (χ1) is 16.2. The quantitative estimate of drug-likeness (QED) is 0.420. The summed E-state index contributed by atoms with van der Waals surface area (Å²) >= 11 is 1.67. The third-order valence-corrected chi connectivity index (χ3v) is 7.85. The van der Waals surface area contributed by atoms with E-state index in [1.807, 2.05) is 40.7 Å². The zero-order valence-corrected chi connectivity index (χ0v) is 18.9. The number of fused-ring (bicyclic) bond motifs is 3. The van der Waals surface area contributed by atoms with E-state index < -0.39 is 5.41 Å². The number of benzene rings is 3. The van der Waals surface area contributed by atoms with Gasteiger partial charge in [0.2, 0.25) is 5.91 Å². The number of hydrogen-bond acceptors (Lipinski definition) is 5. The van der Waals surface area contributed by atoms with E-state index in [2.05, 4.69) is 40.2 Å². The zero-order chi connectivity index (χ0) is 22.4. The van der Waals surface area contributed by atoms with Crippen LogP contribution in [0.3, 0.4) is 0 Å². The molecule has 4 aromatic rings. The highest BCUT2D eigenvalue weighted by Crippen LogP contribution is 2.50. The van der Waals surface area contributed by atoms with Crippen LogP contribution in [-0.2, 0) is 16.8 Å². The van der Waals surface area contributed by atoms with Gasteiger partial charge in [-0.2, -0.15) is 5.26 Å². The summed E-state index contributed by atoms with van der Waals surface area (Å²) in [6.45, 7) is 2.62. The molecule has 33 heavy (non-hydrogen) atoms. The van der Waals surface area contributed by atoms with Gasteiger partial charge in [0.15, 0.2) is 0 Å². The Hall–Kier alpha value is -3.53. The number of nitrogens with zero attached hydrogens (tertiary/aromatic N) is 4. The van der Waals surface area contributed by atoms with Crippen LogP contribution in [0.2, 0.25) is 0 Å². The third-order valence-electron chi connectivity index (χ3n) is 7.04. The molecule has 6 heteroatoms. The van der Waals surface area contributed by atoms with E-state index in [9.17, 15) is 4.79 Å². The summed E-state index contributed by atoms with van der Waals surface area (Å²) in [5.41, 5.74) is 7.24. The molecule has 5 nitrogen and oxygen atoms in total. The molecule has 3 heterocycles. The van der Waals surface area contributed by atoms with E-state index in [0.29, 0.717) is 5.56 Å². The molecule has 0 radical (unpaired) electrons. The molecule has 3 aromatic carbocycles. The normalized spacial score (nSPS) is 17.4. The smallest absolute Gasteiger partial charge is 0.242 e. The average molecular weight is 451 g/mol. The Bertz CT molecular complexity index is 1390. The number of nitriles is 1. The van der Waals surface area contributed by atoms with Crippen molar-refractivity contribution in [3.63, 3.8) is 0 Å². The van der Waals surface area contributed by atoms with Gasteiger partial charge in [-0.3, -0.25) is 14.6 Å². The van der Waals surface area contributed by atoms with E-state index in [-0.39, 0.29) is 5.91 Å². The number of hydrogen-bond donors (Lipinski definition) is 0. The monoisotopic (exact) mass is 450 g/mol. The van der Waals surface area contributed by atoms with Gasteiger partial charge in [-0.25, -0.2) is 4.98 Å². The molecule has 6 rings (SSSR count). The van der Waals surface area contributed by atoms with Gasteiger partial charge in [0.05, 0.1) is 38.5 Å². The number of thiazole rings is 1. The Balaban J connectivity index is 1.26. The fraction of sp³-hybridized carbons (Fsp3) is 0.222. The molecule has 162 valence electrons. The average Bonchev–Trinajstić information content (AvgIpc) is 3.42. The van der Waals surface area contributed by atoms with Crippen molar-refractivity contribution in [1.29, 1.82) is 5.26 Å². The van der Waals surface area contributed by atoms with Crippen LogP contribution in [0.5, 0.6) is 0 Å². The molecule has 1 fully saturated rings. The lowest BCUT2D eigenvalue weighted by Gasteiger charge is -2.38. The summed E-state index contributed by atoms with van der Waals surface area (Å²) in [7, 11) is 0. The predicted molar refractivity (Wildman–Crippen MR) is 131 cm³/mol. The van der Waals surface area contributed by atoms with E-state index >= 15 is 0 Å². The van der Waals surface area contributed by atoms with Crippen LogP contribution in [0.4, 0.5) is 11.4 Å². The van der Waals surface area contributed by atoms with Gasteiger partial charge in [0.25, 0.3) is 0 Å². The van der Waals surface area contributed by atoms with Gasteiger partial charge in [0.1, 0.15) is 0 Å². The minimum atomic E-state index is -0.486.